The summed E-state index contributed by atoms with van der Waals surface area (Å²) in [5, 5.41) is 0. The van der Waals surface area contributed by atoms with Gasteiger partial charge in [0.15, 0.2) is 11.5 Å². The Labute approximate surface area is 205 Å². The highest BCUT2D eigenvalue weighted by Gasteiger charge is 2.31. The van der Waals surface area contributed by atoms with Crippen molar-refractivity contribution in [2.45, 2.75) is 26.7 Å². The van der Waals surface area contributed by atoms with E-state index in [1.807, 2.05) is 43.3 Å². The fourth-order valence-corrected chi connectivity index (χ4v) is 4.47. The Bertz CT molecular complexity index is 1020. The topological polar surface area (TPSA) is 48.0 Å². The van der Waals surface area contributed by atoms with Gasteiger partial charge in [0.05, 0.1) is 24.7 Å². The van der Waals surface area contributed by atoms with E-state index in [2.05, 4.69) is 25.6 Å². The van der Waals surface area contributed by atoms with Gasteiger partial charge in [-0.25, -0.2) is 0 Å². The van der Waals surface area contributed by atoms with E-state index in [0.29, 0.717) is 47.1 Å². The van der Waals surface area contributed by atoms with E-state index < -0.39 is 0 Å². The number of hydrogen-bond acceptors (Lipinski definition) is 6. The lowest BCUT2D eigenvalue weighted by molar-refractivity contribution is -0.121. The smallest absolute Gasteiger partial charge is 0.266 e. The fourth-order valence-electron chi connectivity index (χ4n) is 3.19. The molecule has 174 valence electrons. The number of amides is 1. The van der Waals surface area contributed by atoms with Gasteiger partial charge in [-0.2, -0.15) is 0 Å². The van der Waals surface area contributed by atoms with Crippen molar-refractivity contribution in [2.75, 3.05) is 26.4 Å². The predicted octanol–water partition coefficient (Wildman–Crippen LogP) is 5.88. The van der Waals surface area contributed by atoms with Crippen LogP contribution in [0, 0.1) is 0 Å². The summed E-state index contributed by atoms with van der Waals surface area (Å²) in [6, 6.07) is 13.8. The first-order chi connectivity index (χ1) is 16.0. The Morgan fingerprint density at radius 1 is 1.03 bits per heavy atom. The minimum atomic E-state index is -0.104. The molecule has 0 spiro atoms. The third kappa shape index (κ3) is 6.85. The summed E-state index contributed by atoms with van der Waals surface area (Å²) >= 11 is 6.60. The highest BCUT2D eigenvalue weighted by molar-refractivity contribution is 8.26. The molecule has 0 atom stereocenters. The average molecular weight is 484 g/mol. The molecule has 1 fully saturated rings. The SMILES string of the molecule is C=CCN1C(=O)C(=Cc2ccc(OCCCOc3ccc(CC)cc3)c(OCC)c2)SC1=S. The molecule has 1 amide bonds. The molecular formula is C26H29NO4S2. The normalized spacial score (nSPS) is 14.6. The number of carbonyl (C=O) groups excluding carboxylic acids is 1. The van der Waals surface area contributed by atoms with Crippen LogP contribution in [-0.2, 0) is 11.2 Å². The first-order valence-corrected chi connectivity index (χ1v) is 12.3. The van der Waals surface area contributed by atoms with Crippen molar-refractivity contribution in [3.05, 3.63) is 71.2 Å². The van der Waals surface area contributed by atoms with Crippen LogP contribution in [-0.4, -0.2) is 41.5 Å². The molecule has 1 aliphatic rings. The maximum atomic E-state index is 12.6. The van der Waals surface area contributed by atoms with E-state index in [1.54, 1.807) is 11.0 Å². The molecule has 1 heterocycles. The minimum Gasteiger partial charge on any atom is -0.493 e. The highest BCUT2D eigenvalue weighted by atomic mass is 32.2. The van der Waals surface area contributed by atoms with E-state index in [0.717, 1.165) is 24.2 Å². The number of aryl methyl sites for hydroxylation is 1. The second kappa shape index (κ2) is 12.5. The van der Waals surface area contributed by atoms with Gasteiger partial charge < -0.3 is 14.2 Å². The summed E-state index contributed by atoms with van der Waals surface area (Å²) in [6.07, 6.45) is 5.25. The lowest BCUT2D eigenvalue weighted by Crippen LogP contribution is -2.27. The molecule has 7 heteroatoms. The fraction of sp³-hybridized carbons (Fsp3) is 0.308. The molecule has 1 saturated heterocycles. The first kappa shape index (κ1) is 24.9. The number of thiocarbonyl (C=S) groups is 1. The molecule has 0 bridgehead atoms. The van der Waals surface area contributed by atoms with E-state index >= 15 is 0 Å². The van der Waals surface area contributed by atoms with Crippen molar-refractivity contribution in [1.82, 2.24) is 4.90 Å². The van der Waals surface area contributed by atoms with Crippen molar-refractivity contribution in [3.63, 3.8) is 0 Å². The molecule has 0 N–H and O–H groups in total. The Kier molecular flexibility index (Phi) is 9.39. The zero-order valence-corrected chi connectivity index (χ0v) is 20.7. The van der Waals surface area contributed by atoms with Crippen LogP contribution in [0.1, 0.15) is 31.4 Å². The van der Waals surface area contributed by atoms with Crippen LogP contribution in [0.4, 0.5) is 0 Å². The van der Waals surface area contributed by atoms with Gasteiger partial charge in [-0.3, -0.25) is 9.69 Å². The molecule has 2 aromatic rings. The Morgan fingerprint density at radius 2 is 1.79 bits per heavy atom. The van der Waals surface area contributed by atoms with Gasteiger partial charge in [0.1, 0.15) is 10.1 Å². The molecule has 2 aromatic carbocycles. The summed E-state index contributed by atoms with van der Waals surface area (Å²) < 4.78 is 18.0. The number of benzene rings is 2. The van der Waals surface area contributed by atoms with Crippen LogP contribution >= 0.6 is 24.0 Å². The molecule has 33 heavy (non-hydrogen) atoms. The van der Waals surface area contributed by atoms with Crippen LogP contribution in [0.15, 0.2) is 60.0 Å². The zero-order chi connectivity index (χ0) is 23.6. The standard InChI is InChI=1S/C26H29NO4S2/c1-4-14-27-25(28)24(33-26(27)32)18-20-10-13-22(23(17-20)29-6-3)31-16-7-15-30-21-11-8-19(5-2)9-12-21/h4,8-13,17-18H,1,5-7,14-16H2,2-3H3. The number of thioether (sulfide) groups is 1. The molecule has 1 aliphatic heterocycles. The van der Waals surface area contributed by atoms with E-state index in [9.17, 15) is 4.79 Å². The average Bonchev–Trinajstić information content (AvgIpc) is 3.08. The van der Waals surface area contributed by atoms with Crippen LogP contribution in [0.25, 0.3) is 6.08 Å². The van der Waals surface area contributed by atoms with Crippen LogP contribution in [0.5, 0.6) is 17.2 Å². The summed E-state index contributed by atoms with van der Waals surface area (Å²) in [5.41, 5.74) is 2.14. The quantitative estimate of drug-likeness (QED) is 0.163. The molecule has 0 radical (unpaired) electrons. The monoisotopic (exact) mass is 483 g/mol. The molecular weight excluding hydrogens is 454 g/mol. The zero-order valence-electron chi connectivity index (χ0n) is 19.0. The van der Waals surface area contributed by atoms with Gasteiger partial charge in [-0.15, -0.1) is 6.58 Å². The van der Waals surface area contributed by atoms with Crippen molar-refractivity contribution < 1.29 is 19.0 Å². The number of ether oxygens (including phenoxy) is 3. The summed E-state index contributed by atoms with van der Waals surface area (Å²) in [7, 11) is 0. The molecule has 0 saturated carbocycles. The van der Waals surface area contributed by atoms with Crippen molar-refractivity contribution in [1.29, 1.82) is 0 Å². The summed E-state index contributed by atoms with van der Waals surface area (Å²) in [4.78, 5) is 14.7. The number of rotatable bonds is 12. The Hall–Kier alpha value is -2.77. The largest absolute Gasteiger partial charge is 0.493 e. The molecule has 0 unspecified atom stereocenters. The van der Waals surface area contributed by atoms with Crippen molar-refractivity contribution >= 4 is 40.3 Å². The maximum absolute atomic E-state index is 12.6. The van der Waals surface area contributed by atoms with Gasteiger partial charge in [-0.05, 0) is 54.8 Å². The second-order valence-corrected chi connectivity index (χ2v) is 8.94. The summed E-state index contributed by atoms with van der Waals surface area (Å²) in [6.45, 7) is 9.74. The lowest BCUT2D eigenvalue weighted by Gasteiger charge is -2.13. The number of hydrogen-bond donors (Lipinski definition) is 0. The van der Waals surface area contributed by atoms with Crippen molar-refractivity contribution in [2.24, 2.45) is 0 Å². The lowest BCUT2D eigenvalue weighted by atomic mass is 10.2. The van der Waals surface area contributed by atoms with Crippen LogP contribution in [0.3, 0.4) is 0 Å². The summed E-state index contributed by atoms with van der Waals surface area (Å²) in [5.74, 6) is 2.07. The highest BCUT2D eigenvalue weighted by Crippen LogP contribution is 2.34. The number of carbonyl (C=O) groups is 1. The van der Waals surface area contributed by atoms with Crippen LogP contribution in [0.2, 0.25) is 0 Å². The number of nitrogens with zero attached hydrogens (tertiary/aromatic N) is 1. The maximum Gasteiger partial charge on any atom is 0.266 e. The molecule has 0 aliphatic carbocycles. The minimum absolute atomic E-state index is 0.104. The van der Waals surface area contributed by atoms with Gasteiger partial charge in [0.2, 0.25) is 0 Å². The predicted molar refractivity (Wildman–Crippen MR) is 139 cm³/mol. The second-order valence-electron chi connectivity index (χ2n) is 7.27. The molecule has 5 nitrogen and oxygen atoms in total. The van der Waals surface area contributed by atoms with Gasteiger partial charge in [0, 0.05) is 13.0 Å². The molecule has 3 rings (SSSR count). The van der Waals surface area contributed by atoms with Crippen molar-refractivity contribution in [3.8, 4) is 17.2 Å². The van der Waals surface area contributed by atoms with Gasteiger partial charge >= 0.3 is 0 Å². The van der Waals surface area contributed by atoms with Gasteiger partial charge in [0.25, 0.3) is 5.91 Å². The van der Waals surface area contributed by atoms with E-state index in [-0.39, 0.29) is 5.91 Å². The first-order valence-electron chi connectivity index (χ1n) is 11.0. The van der Waals surface area contributed by atoms with E-state index in [1.165, 1.54) is 17.3 Å². The van der Waals surface area contributed by atoms with Gasteiger partial charge in [-0.1, -0.05) is 55.2 Å². The molecule has 0 aromatic heterocycles. The third-order valence-electron chi connectivity index (χ3n) is 4.90. The Balaban J connectivity index is 1.57. The Morgan fingerprint density at radius 3 is 2.48 bits per heavy atom. The third-order valence-corrected chi connectivity index (χ3v) is 6.27. The van der Waals surface area contributed by atoms with E-state index in [4.69, 9.17) is 26.4 Å². The van der Waals surface area contributed by atoms with Crippen LogP contribution < -0.4 is 14.2 Å².